The van der Waals surface area contributed by atoms with Gasteiger partial charge in [0, 0.05) is 15.9 Å². The molecule has 0 heterocycles. The van der Waals surface area contributed by atoms with Crippen molar-refractivity contribution < 1.29 is 4.57 Å². The van der Waals surface area contributed by atoms with E-state index in [1.54, 1.807) is 0 Å². The molecule has 0 aliphatic heterocycles. The molecule has 0 bridgehead atoms. The standard InChI is InChI=1S/C30H21OP/c31-32(28-19-7-13-22-10-1-4-16-25(22)28,29-20-8-14-23-11-2-5-17-26(23)29)30-21-9-15-24-12-3-6-18-27(24)30/h1-21H. The van der Waals surface area contributed by atoms with Crippen LogP contribution in [0.25, 0.3) is 32.3 Å². The third-order valence-electron chi connectivity index (χ3n) is 6.32. The molecule has 6 rings (SSSR count). The molecule has 0 aliphatic carbocycles. The molecule has 0 radical (unpaired) electrons. The van der Waals surface area contributed by atoms with Gasteiger partial charge in [0.1, 0.15) is 0 Å². The van der Waals surface area contributed by atoms with Gasteiger partial charge in [0.2, 0.25) is 0 Å². The molecule has 0 saturated heterocycles. The molecule has 6 aromatic carbocycles. The molecule has 32 heavy (non-hydrogen) atoms. The van der Waals surface area contributed by atoms with Crippen LogP contribution in [0, 0.1) is 0 Å². The van der Waals surface area contributed by atoms with Crippen molar-refractivity contribution in [1.82, 2.24) is 0 Å². The quantitative estimate of drug-likeness (QED) is 0.284. The summed E-state index contributed by atoms with van der Waals surface area (Å²) in [6, 6.07) is 43.3. The Morgan fingerprint density at radius 1 is 0.344 bits per heavy atom. The third kappa shape index (κ3) is 2.83. The maximum atomic E-state index is 15.7. The molecule has 0 fully saturated rings. The summed E-state index contributed by atoms with van der Waals surface area (Å²) in [5.74, 6) is 0. The maximum Gasteiger partial charge on any atom is 0.172 e. The summed E-state index contributed by atoms with van der Waals surface area (Å²) >= 11 is 0. The van der Waals surface area contributed by atoms with E-state index in [4.69, 9.17) is 0 Å². The minimum atomic E-state index is -3.21. The van der Waals surface area contributed by atoms with E-state index in [9.17, 15) is 0 Å². The SMILES string of the molecule is O=P(c1cccc2ccccc12)(c1cccc2ccccc12)c1cccc2ccccc12. The number of benzene rings is 6. The molecule has 0 spiro atoms. The first kappa shape index (κ1) is 19.0. The van der Waals surface area contributed by atoms with E-state index in [0.717, 1.165) is 48.2 Å². The van der Waals surface area contributed by atoms with Gasteiger partial charge in [-0.05, 0) is 32.3 Å². The summed E-state index contributed by atoms with van der Waals surface area (Å²) < 4.78 is 15.7. The van der Waals surface area contributed by atoms with Gasteiger partial charge < -0.3 is 4.57 Å². The molecule has 2 heteroatoms. The average Bonchev–Trinajstić information content (AvgIpc) is 2.87. The van der Waals surface area contributed by atoms with E-state index in [1.807, 2.05) is 72.8 Å². The highest BCUT2D eigenvalue weighted by Gasteiger charge is 2.34. The number of hydrogen-bond donors (Lipinski definition) is 0. The Labute approximate surface area is 187 Å². The summed E-state index contributed by atoms with van der Waals surface area (Å²) in [6.45, 7) is 0. The first-order valence-corrected chi connectivity index (χ1v) is 12.5. The van der Waals surface area contributed by atoms with Crippen LogP contribution in [0.15, 0.2) is 127 Å². The fraction of sp³-hybridized carbons (Fsp3) is 0. The Balaban J connectivity index is 1.82. The lowest BCUT2D eigenvalue weighted by Crippen LogP contribution is -2.26. The van der Waals surface area contributed by atoms with Gasteiger partial charge >= 0.3 is 0 Å². The van der Waals surface area contributed by atoms with Gasteiger partial charge in [-0.25, -0.2) is 0 Å². The van der Waals surface area contributed by atoms with Gasteiger partial charge in [-0.15, -0.1) is 0 Å². The Bertz CT molecular complexity index is 1450. The second-order valence-electron chi connectivity index (χ2n) is 8.10. The second-order valence-corrected chi connectivity index (χ2v) is 10.8. The largest absolute Gasteiger partial charge is 0.309 e. The van der Waals surface area contributed by atoms with Crippen LogP contribution in [0.4, 0.5) is 0 Å². The van der Waals surface area contributed by atoms with Crippen LogP contribution in [-0.4, -0.2) is 0 Å². The predicted octanol–water partition coefficient (Wildman–Crippen LogP) is 6.79. The van der Waals surface area contributed by atoms with E-state index < -0.39 is 7.14 Å². The van der Waals surface area contributed by atoms with Crippen molar-refractivity contribution in [2.75, 3.05) is 0 Å². The average molecular weight is 428 g/mol. The van der Waals surface area contributed by atoms with Crippen molar-refractivity contribution in [3.63, 3.8) is 0 Å². The van der Waals surface area contributed by atoms with Crippen molar-refractivity contribution >= 4 is 55.4 Å². The monoisotopic (exact) mass is 428 g/mol. The highest BCUT2D eigenvalue weighted by atomic mass is 31.2. The van der Waals surface area contributed by atoms with E-state index >= 15 is 4.57 Å². The smallest absolute Gasteiger partial charge is 0.172 e. The summed E-state index contributed by atoms with van der Waals surface area (Å²) in [6.07, 6.45) is 0. The lowest BCUT2D eigenvalue weighted by Gasteiger charge is -2.24. The van der Waals surface area contributed by atoms with Crippen LogP contribution in [-0.2, 0) is 4.57 Å². The molecule has 0 unspecified atom stereocenters. The maximum absolute atomic E-state index is 15.7. The number of fused-ring (bicyclic) bond motifs is 3. The molecule has 0 atom stereocenters. The van der Waals surface area contributed by atoms with Gasteiger partial charge in [0.25, 0.3) is 0 Å². The van der Waals surface area contributed by atoms with Crippen molar-refractivity contribution in [2.45, 2.75) is 0 Å². The molecular formula is C30H21OP. The minimum Gasteiger partial charge on any atom is -0.309 e. The van der Waals surface area contributed by atoms with Gasteiger partial charge in [0.15, 0.2) is 7.14 Å². The first-order chi connectivity index (χ1) is 15.8. The zero-order valence-corrected chi connectivity index (χ0v) is 18.4. The zero-order valence-electron chi connectivity index (χ0n) is 17.5. The highest BCUT2D eigenvalue weighted by Crippen LogP contribution is 2.47. The molecule has 0 amide bonds. The molecular weight excluding hydrogens is 407 g/mol. The van der Waals surface area contributed by atoms with E-state index in [-0.39, 0.29) is 0 Å². The summed E-state index contributed by atoms with van der Waals surface area (Å²) in [5, 5.41) is 9.11. The first-order valence-electron chi connectivity index (χ1n) is 10.8. The van der Waals surface area contributed by atoms with Crippen molar-refractivity contribution in [3.8, 4) is 0 Å². The zero-order chi connectivity index (χ0) is 21.5. The highest BCUT2D eigenvalue weighted by molar-refractivity contribution is 7.86. The van der Waals surface area contributed by atoms with Gasteiger partial charge in [-0.2, -0.15) is 0 Å². The molecule has 0 aromatic heterocycles. The van der Waals surface area contributed by atoms with Crippen molar-refractivity contribution in [3.05, 3.63) is 127 Å². The molecule has 6 aromatic rings. The summed E-state index contributed by atoms with van der Waals surface area (Å²) in [7, 11) is -3.21. The van der Waals surface area contributed by atoms with Crippen LogP contribution < -0.4 is 15.9 Å². The molecule has 152 valence electrons. The van der Waals surface area contributed by atoms with Crippen LogP contribution >= 0.6 is 7.14 Å². The molecule has 0 saturated carbocycles. The number of hydrogen-bond acceptors (Lipinski definition) is 1. The van der Waals surface area contributed by atoms with Gasteiger partial charge in [-0.1, -0.05) is 127 Å². The van der Waals surface area contributed by atoms with E-state index in [1.165, 1.54) is 0 Å². The lowest BCUT2D eigenvalue weighted by atomic mass is 10.1. The van der Waals surface area contributed by atoms with Crippen LogP contribution in [0.5, 0.6) is 0 Å². The lowest BCUT2D eigenvalue weighted by molar-refractivity contribution is 0.593. The minimum absolute atomic E-state index is 0.892. The topological polar surface area (TPSA) is 17.1 Å². The van der Waals surface area contributed by atoms with Gasteiger partial charge in [-0.3, -0.25) is 0 Å². The van der Waals surface area contributed by atoms with E-state index in [0.29, 0.717) is 0 Å². The number of rotatable bonds is 3. The van der Waals surface area contributed by atoms with Crippen LogP contribution in [0.2, 0.25) is 0 Å². The second kappa shape index (κ2) is 7.48. The summed E-state index contributed by atoms with van der Waals surface area (Å²) in [5.41, 5.74) is 0. The third-order valence-corrected chi connectivity index (χ3v) is 9.52. The Kier molecular flexibility index (Phi) is 4.45. The van der Waals surface area contributed by atoms with Gasteiger partial charge in [0.05, 0.1) is 0 Å². The normalized spacial score (nSPS) is 11.9. The predicted molar refractivity (Wildman–Crippen MR) is 138 cm³/mol. The fourth-order valence-corrected chi connectivity index (χ4v) is 8.13. The van der Waals surface area contributed by atoms with Crippen LogP contribution in [0.1, 0.15) is 0 Å². The molecule has 0 aliphatic rings. The fourth-order valence-electron chi connectivity index (χ4n) is 4.84. The summed E-state index contributed by atoms with van der Waals surface area (Å²) in [4.78, 5) is 0. The van der Waals surface area contributed by atoms with E-state index in [2.05, 4.69) is 54.6 Å². The Morgan fingerprint density at radius 2 is 0.625 bits per heavy atom. The molecule has 0 N–H and O–H groups in total. The molecule has 1 nitrogen and oxygen atoms in total. The van der Waals surface area contributed by atoms with Crippen molar-refractivity contribution in [2.24, 2.45) is 0 Å². The van der Waals surface area contributed by atoms with Crippen molar-refractivity contribution in [1.29, 1.82) is 0 Å². The Morgan fingerprint density at radius 3 is 0.969 bits per heavy atom. The Hall–Kier alpha value is -3.67. The van der Waals surface area contributed by atoms with Crippen LogP contribution in [0.3, 0.4) is 0 Å².